The standard InChI is InChI=1S/C16H25N3O4S/c1-4-14-7-5-6-8-15(14)23-13-16(20)18-9-11-19(12-10-18)24(21,22)17(2)3/h5-8H,4,9-13H2,1-3H3. The predicted molar refractivity (Wildman–Crippen MR) is 92.1 cm³/mol. The summed E-state index contributed by atoms with van der Waals surface area (Å²) in [6, 6.07) is 7.65. The summed E-state index contributed by atoms with van der Waals surface area (Å²) in [7, 11) is -0.404. The van der Waals surface area contributed by atoms with Gasteiger partial charge in [0.05, 0.1) is 0 Å². The van der Waals surface area contributed by atoms with Crippen molar-refractivity contribution in [3.05, 3.63) is 29.8 Å². The molecule has 1 aliphatic heterocycles. The minimum atomic E-state index is -3.42. The molecule has 1 aromatic carbocycles. The van der Waals surface area contributed by atoms with Gasteiger partial charge in [0.25, 0.3) is 16.1 Å². The van der Waals surface area contributed by atoms with E-state index in [0.717, 1.165) is 17.7 Å². The van der Waals surface area contributed by atoms with Gasteiger partial charge in [0.1, 0.15) is 5.75 Å². The summed E-state index contributed by atoms with van der Waals surface area (Å²) in [5.74, 6) is 0.602. The van der Waals surface area contributed by atoms with Crippen LogP contribution in [0, 0.1) is 0 Å². The second-order valence-electron chi connectivity index (χ2n) is 5.82. The number of nitrogens with zero attached hydrogens (tertiary/aromatic N) is 3. The Balaban J connectivity index is 1.87. The number of hydrogen-bond donors (Lipinski definition) is 0. The highest BCUT2D eigenvalue weighted by Gasteiger charge is 2.30. The van der Waals surface area contributed by atoms with Gasteiger partial charge in [-0.25, -0.2) is 0 Å². The maximum atomic E-state index is 12.3. The lowest BCUT2D eigenvalue weighted by atomic mass is 10.1. The summed E-state index contributed by atoms with van der Waals surface area (Å²) in [5, 5.41) is 0. The molecule has 1 saturated heterocycles. The summed E-state index contributed by atoms with van der Waals surface area (Å²) in [6.45, 7) is 3.37. The van der Waals surface area contributed by atoms with Crippen molar-refractivity contribution in [3.8, 4) is 5.75 Å². The van der Waals surface area contributed by atoms with E-state index in [1.54, 1.807) is 4.90 Å². The number of amides is 1. The number of piperazine rings is 1. The van der Waals surface area contributed by atoms with Crippen LogP contribution in [0.3, 0.4) is 0 Å². The van der Waals surface area contributed by atoms with Crippen molar-refractivity contribution >= 4 is 16.1 Å². The molecule has 0 N–H and O–H groups in total. The van der Waals surface area contributed by atoms with Crippen molar-refractivity contribution in [1.82, 2.24) is 13.5 Å². The van der Waals surface area contributed by atoms with Crippen LogP contribution in [0.2, 0.25) is 0 Å². The number of rotatable bonds is 6. The second-order valence-corrected chi connectivity index (χ2v) is 7.96. The Morgan fingerprint density at radius 3 is 2.38 bits per heavy atom. The van der Waals surface area contributed by atoms with Crippen LogP contribution in [0.5, 0.6) is 5.75 Å². The number of carbonyl (C=O) groups excluding carboxylic acids is 1. The van der Waals surface area contributed by atoms with Gasteiger partial charge in [-0.05, 0) is 18.1 Å². The van der Waals surface area contributed by atoms with Crippen LogP contribution in [-0.4, -0.2) is 74.7 Å². The molecule has 0 aliphatic carbocycles. The molecule has 0 saturated carbocycles. The molecule has 0 spiro atoms. The van der Waals surface area contributed by atoms with Crippen LogP contribution in [0.1, 0.15) is 12.5 Å². The number of carbonyl (C=O) groups is 1. The first-order chi connectivity index (χ1) is 11.4. The van der Waals surface area contributed by atoms with E-state index in [1.165, 1.54) is 22.7 Å². The summed E-state index contributed by atoms with van der Waals surface area (Å²) >= 11 is 0. The zero-order valence-corrected chi connectivity index (χ0v) is 15.3. The first kappa shape index (κ1) is 18.7. The highest BCUT2D eigenvalue weighted by atomic mass is 32.2. The lowest BCUT2D eigenvalue weighted by Gasteiger charge is -2.35. The average Bonchev–Trinajstić information content (AvgIpc) is 2.59. The predicted octanol–water partition coefficient (Wildman–Crippen LogP) is 0.578. The highest BCUT2D eigenvalue weighted by molar-refractivity contribution is 7.86. The van der Waals surface area contributed by atoms with Gasteiger partial charge in [0.2, 0.25) is 0 Å². The Morgan fingerprint density at radius 1 is 1.17 bits per heavy atom. The van der Waals surface area contributed by atoms with E-state index in [-0.39, 0.29) is 12.5 Å². The molecule has 0 atom stereocenters. The second kappa shape index (κ2) is 7.96. The molecule has 1 aliphatic rings. The number of ether oxygens (including phenoxy) is 1. The summed E-state index contributed by atoms with van der Waals surface area (Å²) < 4.78 is 32.4. The third-order valence-electron chi connectivity index (χ3n) is 4.08. The lowest BCUT2D eigenvalue weighted by Crippen LogP contribution is -2.53. The SMILES string of the molecule is CCc1ccccc1OCC(=O)N1CCN(S(=O)(=O)N(C)C)CC1. The van der Waals surface area contributed by atoms with E-state index in [4.69, 9.17) is 4.74 Å². The molecular weight excluding hydrogens is 330 g/mol. The molecule has 2 rings (SSSR count). The van der Waals surface area contributed by atoms with Crippen molar-refractivity contribution in [1.29, 1.82) is 0 Å². The monoisotopic (exact) mass is 355 g/mol. The third-order valence-corrected chi connectivity index (χ3v) is 6.02. The van der Waals surface area contributed by atoms with Crippen LogP contribution in [0.15, 0.2) is 24.3 Å². The van der Waals surface area contributed by atoms with Crippen molar-refractivity contribution in [2.45, 2.75) is 13.3 Å². The van der Waals surface area contributed by atoms with Crippen LogP contribution >= 0.6 is 0 Å². The summed E-state index contributed by atoms with van der Waals surface area (Å²) in [5.41, 5.74) is 1.06. The fourth-order valence-electron chi connectivity index (χ4n) is 2.57. The largest absolute Gasteiger partial charge is 0.483 e. The Bertz CT molecular complexity index is 668. The van der Waals surface area contributed by atoms with Gasteiger partial charge >= 0.3 is 0 Å². The normalized spacial score (nSPS) is 16.4. The van der Waals surface area contributed by atoms with Gasteiger partial charge in [-0.1, -0.05) is 25.1 Å². The summed E-state index contributed by atoms with van der Waals surface area (Å²) in [4.78, 5) is 13.9. The number of benzene rings is 1. The molecule has 1 amide bonds. The number of aryl methyl sites for hydroxylation is 1. The minimum Gasteiger partial charge on any atom is -0.483 e. The average molecular weight is 355 g/mol. The van der Waals surface area contributed by atoms with E-state index < -0.39 is 10.2 Å². The summed E-state index contributed by atoms with van der Waals surface area (Å²) in [6.07, 6.45) is 0.839. The molecular formula is C16H25N3O4S. The molecule has 24 heavy (non-hydrogen) atoms. The van der Waals surface area contributed by atoms with E-state index in [1.807, 2.05) is 31.2 Å². The molecule has 1 aromatic rings. The quantitative estimate of drug-likeness (QED) is 0.748. The number of hydrogen-bond acceptors (Lipinski definition) is 4. The molecule has 0 unspecified atom stereocenters. The molecule has 1 heterocycles. The van der Waals surface area contributed by atoms with Crippen LogP contribution in [-0.2, 0) is 21.4 Å². The maximum Gasteiger partial charge on any atom is 0.281 e. The lowest BCUT2D eigenvalue weighted by molar-refractivity contribution is -0.134. The van der Waals surface area contributed by atoms with Gasteiger partial charge in [0, 0.05) is 40.3 Å². The van der Waals surface area contributed by atoms with Gasteiger partial charge < -0.3 is 9.64 Å². The molecule has 8 heteroatoms. The van der Waals surface area contributed by atoms with Crippen LogP contribution < -0.4 is 4.74 Å². The topological polar surface area (TPSA) is 70.2 Å². The zero-order chi connectivity index (χ0) is 17.7. The Labute approximate surface area is 144 Å². The van der Waals surface area contributed by atoms with Gasteiger partial charge in [-0.2, -0.15) is 17.0 Å². The highest BCUT2D eigenvalue weighted by Crippen LogP contribution is 2.18. The molecule has 134 valence electrons. The molecule has 0 bridgehead atoms. The fourth-order valence-corrected chi connectivity index (χ4v) is 3.65. The zero-order valence-electron chi connectivity index (χ0n) is 14.4. The molecule has 7 nitrogen and oxygen atoms in total. The van der Waals surface area contributed by atoms with Crippen molar-refractivity contribution in [2.75, 3.05) is 46.9 Å². The van der Waals surface area contributed by atoms with Gasteiger partial charge in [-0.3, -0.25) is 4.79 Å². The molecule has 0 aromatic heterocycles. The fraction of sp³-hybridized carbons (Fsp3) is 0.562. The first-order valence-electron chi connectivity index (χ1n) is 8.02. The van der Waals surface area contributed by atoms with Crippen LogP contribution in [0.25, 0.3) is 0 Å². The first-order valence-corrected chi connectivity index (χ1v) is 9.42. The van der Waals surface area contributed by atoms with Crippen molar-refractivity contribution in [2.24, 2.45) is 0 Å². The van der Waals surface area contributed by atoms with Crippen molar-refractivity contribution < 1.29 is 17.9 Å². The van der Waals surface area contributed by atoms with Gasteiger partial charge in [0.15, 0.2) is 6.61 Å². The minimum absolute atomic E-state index is 0.0303. The van der Waals surface area contributed by atoms with E-state index in [0.29, 0.717) is 26.2 Å². The van der Waals surface area contributed by atoms with E-state index in [2.05, 4.69) is 0 Å². The smallest absolute Gasteiger partial charge is 0.281 e. The van der Waals surface area contributed by atoms with Gasteiger partial charge in [-0.15, -0.1) is 0 Å². The van der Waals surface area contributed by atoms with Crippen molar-refractivity contribution in [3.63, 3.8) is 0 Å². The Hall–Kier alpha value is -1.64. The third kappa shape index (κ3) is 4.25. The maximum absolute atomic E-state index is 12.3. The molecule has 0 radical (unpaired) electrons. The Kier molecular flexibility index (Phi) is 6.20. The number of para-hydroxylation sites is 1. The van der Waals surface area contributed by atoms with Crippen LogP contribution in [0.4, 0.5) is 0 Å². The Morgan fingerprint density at radius 2 is 1.79 bits per heavy atom. The van der Waals surface area contributed by atoms with E-state index in [9.17, 15) is 13.2 Å². The molecule has 1 fully saturated rings. The van der Waals surface area contributed by atoms with E-state index >= 15 is 0 Å².